The number of nitrogens with zero attached hydrogens (tertiary/aromatic N) is 1. The number of para-hydroxylation sites is 1. The van der Waals surface area contributed by atoms with Gasteiger partial charge >= 0.3 is 0 Å². The predicted molar refractivity (Wildman–Crippen MR) is 90.3 cm³/mol. The lowest BCUT2D eigenvalue weighted by atomic mass is 10.0. The van der Waals surface area contributed by atoms with Gasteiger partial charge < -0.3 is 15.0 Å². The maximum atomic E-state index is 6.45. The number of rotatable bonds is 7. The van der Waals surface area contributed by atoms with Crippen molar-refractivity contribution in [2.75, 3.05) is 38.3 Å². The summed E-state index contributed by atoms with van der Waals surface area (Å²) >= 11 is 6.45. The fourth-order valence-corrected chi connectivity index (χ4v) is 3.30. The van der Waals surface area contributed by atoms with Gasteiger partial charge in [0.25, 0.3) is 0 Å². The minimum atomic E-state index is 0.608. The molecule has 1 heterocycles. The van der Waals surface area contributed by atoms with Crippen LogP contribution in [0.5, 0.6) is 0 Å². The summed E-state index contributed by atoms with van der Waals surface area (Å²) < 4.78 is 5.59. The molecule has 118 valence electrons. The summed E-state index contributed by atoms with van der Waals surface area (Å²) in [5, 5.41) is 4.31. The average Bonchev–Trinajstić information content (AvgIpc) is 2.48. The van der Waals surface area contributed by atoms with E-state index in [1.807, 2.05) is 12.1 Å². The molecule has 1 aliphatic rings. The van der Waals surface area contributed by atoms with Crippen LogP contribution in [0.15, 0.2) is 18.2 Å². The Labute approximate surface area is 133 Å². The van der Waals surface area contributed by atoms with Crippen molar-refractivity contribution in [2.45, 2.75) is 32.7 Å². The Kier molecular flexibility index (Phi) is 6.81. The van der Waals surface area contributed by atoms with Gasteiger partial charge in [-0.25, -0.2) is 0 Å². The van der Waals surface area contributed by atoms with Crippen LogP contribution >= 0.6 is 11.6 Å². The first-order valence-corrected chi connectivity index (χ1v) is 8.37. The second kappa shape index (κ2) is 8.62. The molecule has 1 N–H and O–H groups in total. The fraction of sp³-hybridized carbons (Fsp3) is 0.647. The quantitative estimate of drug-likeness (QED) is 0.777. The van der Waals surface area contributed by atoms with Gasteiger partial charge in [-0.2, -0.15) is 0 Å². The van der Waals surface area contributed by atoms with E-state index in [2.05, 4.69) is 30.3 Å². The molecule has 0 spiro atoms. The average molecular weight is 311 g/mol. The van der Waals surface area contributed by atoms with Crippen LogP contribution in [0.2, 0.25) is 5.02 Å². The van der Waals surface area contributed by atoms with Gasteiger partial charge in [0, 0.05) is 26.7 Å². The summed E-state index contributed by atoms with van der Waals surface area (Å²) in [7, 11) is 2.14. The number of anilines is 1. The Morgan fingerprint density at radius 1 is 1.43 bits per heavy atom. The summed E-state index contributed by atoms with van der Waals surface area (Å²) in [6.07, 6.45) is 3.56. The van der Waals surface area contributed by atoms with Gasteiger partial charge in [0.1, 0.15) is 0 Å². The first-order chi connectivity index (χ1) is 10.2. The molecule has 3 nitrogen and oxygen atoms in total. The van der Waals surface area contributed by atoms with Crippen molar-refractivity contribution in [3.05, 3.63) is 28.8 Å². The first kappa shape index (κ1) is 16.6. The van der Waals surface area contributed by atoms with Crippen molar-refractivity contribution in [3.63, 3.8) is 0 Å². The number of hydrogen-bond acceptors (Lipinski definition) is 3. The van der Waals surface area contributed by atoms with Crippen LogP contribution in [0.3, 0.4) is 0 Å². The lowest BCUT2D eigenvalue weighted by molar-refractivity contribution is 0.0576. The lowest BCUT2D eigenvalue weighted by Gasteiger charge is -2.30. The van der Waals surface area contributed by atoms with Gasteiger partial charge in [-0.15, -0.1) is 0 Å². The SMILES string of the molecule is CCCNCc1cccc(Cl)c1N(C)CC1CCCOC1. The molecule has 1 atom stereocenters. The molecule has 0 bridgehead atoms. The lowest BCUT2D eigenvalue weighted by Crippen LogP contribution is -2.32. The molecule has 0 saturated carbocycles. The van der Waals surface area contributed by atoms with E-state index in [1.165, 1.54) is 18.4 Å². The van der Waals surface area contributed by atoms with Crippen LogP contribution in [-0.4, -0.2) is 33.4 Å². The second-order valence-electron chi connectivity index (χ2n) is 5.89. The van der Waals surface area contributed by atoms with Crippen LogP contribution in [0.4, 0.5) is 5.69 Å². The molecule has 2 rings (SSSR count). The van der Waals surface area contributed by atoms with E-state index >= 15 is 0 Å². The minimum absolute atomic E-state index is 0.608. The molecule has 1 aromatic carbocycles. The van der Waals surface area contributed by atoms with E-state index in [0.717, 1.165) is 50.0 Å². The Bertz CT molecular complexity index is 433. The van der Waals surface area contributed by atoms with Crippen LogP contribution in [0, 0.1) is 5.92 Å². The zero-order valence-corrected chi connectivity index (χ0v) is 14.0. The third kappa shape index (κ3) is 4.87. The molecule has 1 unspecified atom stereocenters. The Hall–Kier alpha value is -0.770. The highest BCUT2D eigenvalue weighted by Crippen LogP contribution is 2.30. The van der Waals surface area contributed by atoms with Crippen LogP contribution < -0.4 is 10.2 Å². The van der Waals surface area contributed by atoms with E-state index < -0.39 is 0 Å². The highest BCUT2D eigenvalue weighted by molar-refractivity contribution is 6.33. The maximum absolute atomic E-state index is 6.45. The molecule has 0 amide bonds. The number of ether oxygens (including phenoxy) is 1. The van der Waals surface area contributed by atoms with E-state index in [1.54, 1.807) is 0 Å². The topological polar surface area (TPSA) is 24.5 Å². The molecule has 0 aromatic heterocycles. The Morgan fingerprint density at radius 2 is 2.29 bits per heavy atom. The second-order valence-corrected chi connectivity index (χ2v) is 6.30. The molecular weight excluding hydrogens is 284 g/mol. The summed E-state index contributed by atoms with van der Waals surface area (Å²) in [5.41, 5.74) is 2.43. The summed E-state index contributed by atoms with van der Waals surface area (Å²) in [5.74, 6) is 0.608. The van der Waals surface area contributed by atoms with Crippen molar-refractivity contribution in [1.29, 1.82) is 0 Å². The molecule has 21 heavy (non-hydrogen) atoms. The smallest absolute Gasteiger partial charge is 0.0642 e. The number of nitrogens with one attached hydrogen (secondary N) is 1. The molecule has 1 fully saturated rings. The summed E-state index contributed by atoms with van der Waals surface area (Å²) in [6.45, 7) is 6.88. The monoisotopic (exact) mass is 310 g/mol. The van der Waals surface area contributed by atoms with E-state index in [0.29, 0.717) is 5.92 Å². The van der Waals surface area contributed by atoms with E-state index in [9.17, 15) is 0 Å². The standard InChI is InChI=1S/C17H27ClN2O/c1-3-9-19-11-15-7-4-8-16(18)17(15)20(2)12-14-6-5-10-21-13-14/h4,7-8,14,19H,3,5-6,9-13H2,1-2H3. The van der Waals surface area contributed by atoms with Gasteiger partial charge in [0.15, 0.2) is 0 Å². The summed E-state index contributed by atoms with van der Waals surface area (Å²) in [6, 6.07) is 6.18. The maximum Gasteiger partial charge on any atom is 0.0642 e. The fourth-order valence-electron chi connectivity index (χ4n) is 2.96. The molecule has 0 aliphatic carbocycles. The van der Waals surface area contributed by atoms with Gasteiger partial charge in [-0.1, -0.05) is 30.7 Å². The largest absolute Gasteiger partial charge is 0.381 e. The normalized spacial score (nSPS) is 18.7. The van der Waals surface area contributed by atoms with Gasteiger partial charge in [0.2, 0.25) is 0 Å². The summed E-state index contributed by atoms with van der Waals surface area (Å²) in [4.78, 5) is 2.30. The van der Waals surface area contributed by atoms with Crippen molar-refractivity contribution < 1.29 is 4.74 Å². The Morgan fingerprint density at radius 3 is 3.00 bits per heavy atom. The van der Waals surface area contributed by atoms with Crippen molar-refractivity contribution in [2.24, 2.45) is 5.92 Å². The van der Waals surface area contributed by atoms with E-state index in [4.69, 9.17) is 16.3 Å². The zero-order chi connectivity index (χ0) is 15.1. The molecule has 0 radical (unpaired) electrons. The number of halogens is 1. The van der Waals surface area contributed by atoms with Gasteiger partial charge in [0.05, 0.1) is 17.3 Å². The van der Waals surface area contributed by atoms with Crippen LogP contribution in [0.25, 0.3) is 0 Å². The van der Waals surface area contributed by atoms with E-state index in [-0.39, 0.29) is 0 Å². The van der Waals surface area contributed by atoms with Crippen molar-refractivity contribution in [3.8, 4) is 0 Å². The van der Waals surface area contributed by atoms with Gasteiger partial charge in [-0.3, -0.25) is 0 Å². The zero-order valence-electron chi connectivity index (χ0n) is 13.2. The number of hydrogen-bond donors (Lipinski definition) is 1. The molecule has 1 aromatic rings. The highest BCUT2D eigenvalue weighted by Gasteiger charge is 2.19. The first-order valence-electron chi connectivity index (χ1n) is 7.99. The van der Waals surface area contributed by atoms with Gasteiger partial charge in [-0.05, 0) is 43.4 Å². The third-order valence-electron chi connectivity index (χ3n) is 3.98. The minimum Gasteiger partial charge on any atom is -0.381 e. The number of benzene rings is 1. The Balaban J connectivity index is 2.04. The van der Waals surface area contributed by atoms with Crippen LogP contribution in [-0.2, 0) is 11.3 Å². The predicted octanol–water partition coefficient (Wildman–Crippen LogP) is 3.70. The van der Waals surface area contributed by atoms with Crippen molar-refractivity contribution >= 4 is 17.3 Å². The van der Waals surface area contributed by atoms with Crippen molar-refractivity contribution in [1.82, 2.24) is 5.32 Å². The molecule has 1 aliphatic heterocycles. The highest BCUT2D eigenvalue weighted by atomic mass is 35.5. The van der Waals surface area contributed by atoms with Crippen LogP contribution in [0.1, 0.15) is 31.7 Å². The molecular formula is C17H27ClN2O. The molecule has 4 heteroatoms. The third-order valence-corrected chi connectivity index (χ3v) is 4.29. The molecule has 1 saturated heterocycles.